The molecule has 2 aromatic heterocycles. The first kappa shape index (κ1) is 23.0. The topological polar surface area (TPSA) is 83.6 Å². The molecule has 0 radical (unpaired) electrons. The third-order valence-electron chi connectivity index (χ3n) is 6.07. The molecule has 1 saturated heterocycles. The van der Waals surface area contributed by atoms with E-state index in [1.165, 1.54) is 12.0 Å². The minimum atomic E-state index is -0.277. The van der Waals surface area contributed by atoms with Gasteiger partial charge in [-0.25, -0.2) is 4.98 Å². The van der Waals surface area contributed by atoms with Crippen LogP contribution in [0, 0.1) is 12.8 Å². The van der Waals surface area contributed by atoms with Gasteiger partial charge in [-0.3, -0.25) is 19.1 Å². The minimum Gasteiger partial charge on any atom is -0.442 e. The molecule has 1 aliphatic heterocycles. The number of fused-ring (bicyclic) bond motifs is 1. The Hall–Kier alpha value is -3.13. The van der Waals surface area contributed by atoms with Crippen LogP contribution < -0.4 is 15.8 Å². The van der Waals surface area contributed by atoms with Gasteiger partial charge >= 0.3 is 0 Å². The van der Waals surface area contributed by atoms with Crippen molar-refractivity contribution in [2.75, 3.05) is 44.2 Å². The van der Waals surface area contributed by atoms with Gasteiger partial charge < -0.3 is 14.6 Å². The zero-order valence-corrected chi connectivity index (χ0v) is 19.7. The molecule has 0 unspecified atom stereocenters. The van der Waals surface area contributed by atoms with Crippen molar-refractivity contribution < 1.29 is 9.21 Å². The number of para-hydroxylation sites is 1. The first-order valence-corrected chi connectivity index (χ1v) is 11.7. The Morgan fingerprint density at radius 3 is 2.58 bits per heavy atom. The largest absolute Gasteiger partial charge is 0.442 e. The summed E-state index contributed by atoms with van der Waals surface area (Å²) >= 11 is 0. The van der Waals surface area contributed by atoms with E-state index in [4.69, 9.17) is 4.42 Å². The van der Waals surface area contributed by atoms with Crippen LogP contribution in [0.25, 0.3) is 11.1 Å². The number of rotatable bonds is 8. The Labute approximate surface area is 194 Å². The summed E-state index contributed by atoms with van der Waals surface area (Å²) in [6, 6.07) is 10.5. The molecular formula is C25H33N5O3. The Balaban J connectivity index is 1.31. The number of amides is 1. The number of aryl methyl sites for hydroxylation is 1. The monoisotopic (exact) mass is 451 g/mol. The molecule has 0 saturated carbocycles. The number of furan rings is 1. The lowest BCUT2D eigenvalue weighted by Crippen LogP contribution is -2.47. The van der Waals surface area contributed by atoms with Gasteiger partial charge in [-0.15, -0.1) is 0 Å². The van der Waals surface area contributed by atoms with Gasteiger partial charge in [0.15, 0.2) is 0 Å². The highest BCUT2D eigenvalue weighted by Gasteiger charge is 2.23. The lowest BCUT2D eigenvalue weighted by Gasteiger charge is -2.36. The number of aromatic nitrogens is 2. The summed E-state index contributed by atoms with van der Waals surface area (Å²) in [6.07, 6.45) is 2.34. The van der Waals surface area contributed by atoms with E-state index in [0.717, 1.165) is 39.1 Å². The summed E-state index contributed by atoms with van der Waals surface area (Å²) in [5.74, 6) is 0.439. The molecule has 3 aromatic rings. The van der Waals surface area contributed by atoms with Gasteiger partial charge in [-0.2, -0.15) is 0 Å². The van der Waals surface area contributed by atoms with Gasteiger partial charge in [0.05, 0.1) is 5.56 Å². The van der Waals surface area contributed by atoms with E-state index in [2.05, 4.69) is 44.4 Å². The fourth-order valence-corrected chi connectivity index (χ4v) is 4.40. The smallest absolute Gasteiger partial charge is 0.265 e. The molecule has 0 bridgehead atoms. The first-order valence-electron chi connectivity index (χ1n) is 11.7. The molecule has 1 fully saturated rings. The van der Waals surface area contributed by atoms with Crippen molar-refractivity contribution in [2.45, 2.75) is 33.7 Å². The fraction of sp³-hybridized carbons (Fsp3) is 0.480. The molecule has 0 aliphatic carbocycles. The number of benzene rings is 1. The number of nitrogens with zero attached hydrogens (tertiary/aromatic N) is 4. The summed E-state index contributed by atoms with van der Waals surface area (Å²) in [7, 11) is 0. The maximum atomic E-state index is 12.9. The Morgan fingerprint density at radius 1 is 1.15 bits per heavy atom. The van der Waals surface area contributed by atoms with Crippen molar-refractivity contribution >= 4 is 22.7 Å². The van der Waals surface area contributed by atoms with Crippen LogP contribution in [-0.4, -0.2) is 59.6 Å². The minimum absolute atomic E-state index is 0.221. The zero-order valence-electron chi connectivity index (χ0n) is 19.7. The van der Waals surface area contributed by atoms with Gasteiger partial charge in [-0.05, 0) is 37.9 Å². The predicted molar refractivity (Wildman–Crippen MR) is 130 cm³/mol. The van der Waals surface area contributed by atoms with Crippen LogP contribution >= 0.6 is 0 Å². The Morgan fingerprint density at radius 2 is 1.88 bits per heavy atom. The Bertz CT molecular complexity index is 1140. The maximum absolute atomic E-state index is 12.9. The van der Waals surface area contributed by atoms with E-state index in [9.17, 15) is 9.59 Å². The van der Waals surface area contributed by atoms with Crippen molar-refractivity contribution in [2.24, 2.45) is 5.92 Å². The van der Waals surface area contributed by atoms with Crippen LogP contribution in [0.5, 0.6) is 0 Å². The molecule has 1 amide bonds. The van der Waals surface area contributed by atoms with Gasteiger partial charge in [-0.1, -0.05) is 32.0 Å². The number of anilines is 1. The first-order chi connectivity index (χ1) is 15.9. The van der Waals surface area contributed by atoms with Gasteiger partial charge in [0, 0.05) is 45.0 Å². The number of hydrogen-bond donors (Lipinski definition) is 1. The SMILES string of the molecule is Cc1oc2ncn(CC(C)C)c(=O)c2c1C(=O)NCCCN1CCN(c2ccccc2)CC1. The van der Waals surface area contributed by atoms with E-state index in [-0.39, 0.29) is 22.6 Å². The summed E-state index contributed by atoms with van der Waals surface area (Å²) in [6.45, 7) is 11.8. The molecule has 8 heteroatoms. The number of piperazine rings is 1. The van der Waals surface area contributed by atoms with Gasteiger partial charge in [0.1, 0.15) is 17.5 Å². The molecule has 8 nitrogen and oxygen atoms in total. The standard InChI is InChI=1S/C25H33N5O3/c1-18(2)16-30-17-27-24-22(25(30)32)21(19(3)33-24)23(31)26-10-7-11-28-12-14-29(15-13-28)20-8-5-4-6-9-20/h4-6,8-9,17-18H,7,10-16H2,1-3H3,(H,26,31). The average molecular weight is 452 g/mol. The molecule has 1 aliphatic rings. The molecular weight excluding hydrogens is 418 g/mol. The number of carbonyl (C=O) groups is 1. The second kappa shape index (κ2) is 10.2. The average Bonchev–Trinajstić information content (AvgIpc) is 3.16. The molecule has 0 atom stereocenters. The summed E-state index contributed by atoms with van der Waals surface area (Å²) in [4.78, 5) is 34.9. The predicted octanol–water partition coefficient (Wildman–Crippen LogP) is 2.90. The highest BCUT2D eigenvalue weighted by molar-refractivity contribution is 6.06. The summed E-state index contributed by atoms with van der Waals surface area (Å²) in [5, 5.41) is 3.24. The van der Waals surface area contributed by atoms with Crippen LogP contribution in [0.15, 0.2) is 45.9 Å². The van der Waals surface area contributed by atoms with E-state index >= 15 is 0 Å². The number of carbonyl (C=O) groups excluding carboxylic acids is 1. The molecule has 33 heavy (non-hydrogen) atoms. The van der Waals surface area contributed by atoms with Crippen LogP contribution in [0.3, 0.4) is 0 Å². The van der Waals surface area contributed by atoms with Crippen molar-refractivity contribution in [3.63, 3.8) is 0 Å². The highest BCUT2D eigenvalue weighted by atomic mass is 16.3. The molecule has 4 rings (SSSR count). The quantitative estimate of drug-likeness (QED) is 0.530. The van der Waals surface area contributed by atoms with Gasteiger partial charge in [0.25, 0.3) is 11.5 Å². The molecule has 1 aromatic carbocycles. The highest BCUT2D eigenvalue weighted by Crippen LogP contribution is 2.21. The lowest BCUT2D eigenvalue weighted by atomic mass is 10.1. The third kappa shape index (κ3) is 5.27. The number of hydrogen-bond acceptors (Lipinski definition) is 6. The molecule has 0 spiro atoms. The van der Waals surface area contributed by atoms with Crippen LogP contribution in [0.1, 0.15) is 36.4 Å². The Kier molecular flexibility index (Phi) is 7.13. The van der Waals surface area contributed by atoms with Crippen molar-refractivity contribution in [1.82, 2.24) is 19.8 Å². The number of nitrogens with one attached hydrogen (secondary N) is 1. The van der Waals surface area contributed by atoms with Crippen LogP contribution in [0.4, 0.5) is 5.69 Å². The molecule has 1 N–H and O–H groups in total. The van der Waals surface area contributed by atoms with Crippen molar-refractivity contribution in [3.8, 4) is 0 Å². The van der Waals surface area contributed by atoms with Gasteiger partial charge in [0.2, 0.25) is 5.71 Å². The fourth-order valence-electron chi connectivity index (χ4n) is 4.40. The lowest BCUT2D eigenvalue weighted by molar-refractivity contribution is 0.0951. The normalized spacial score (nSPS) is 14.8. The van der Waals surface area contributed by atoms with Crippen molar-refractivity contribution in [1.29, 1.82) is 0 Å². The maximum Gasteiger partial charge on any atom is 0.265 e. The zero-order chi connectivity index (χ0) is 23.4. The summed E-state index contributed by atoms with van der Waals surface area (Å²) in [5.41, 5.74) is 1.57. The third-order valence-corrected chi connectivity index (χ3v) is 6.07. The van der Waals surface area contributed by atoms with E-state index in [1.54, 1.807) is 11.5 Å². The molecule has 3 heterocycles. The van der Waals surface area contributed by atoms with Crippen molar-refractivity contribution in [3.05, 3.63) is 58.3 Å². The van der Waals surface area contributed by atoms with E-state index in [1.807, 2.05) is 19.9 Å². The molecule has 176 valence electrons. The van der Waals surface area contributed by atoms with E-state index < -0.39 is 0 Å². The summed E-state index contributed by atoms with van der Waals surface area (Å²) < 4.78 is 7.16. The second-order valence-corrected chi connectivity index (χ2v) is 9.08. The van der Waals surface area contributed by atoms with Crippen LogP contribution in [0.2, 0.25) is 0 Å². The van der Waals surface area contributed by atoms with E-state index in [0.29, 0.717) is 30.3 Å². The van der Waals surface area contributed by atoms with Crippen LogP contribution in [-0.2, 0) is 6.54 Å². The second-order valence-electron chi connectivity index (χ2n) is 9.08.